The number of ether oxygens (including phenoxy) is 1. The molecule has 0 N–H and O–H groups in total. The molecule has 0 aromatic heterocycles. The lowest BCUT2D eigenvalue weighted by Gasteiger charge is -2.20. The van der Waals surface area contributed by atoms with E-state index in [1.165, 1.54) is 12.1 Å². The zero-order chi connectivity index (χ0) is 11.4. The highest BCUT2D eigenvalue weighted by Crippen LogP contribution is 2.33. The van der Waals surface area contributed by atoms with Gasteiger partial charge >= 0.3 is 0 Å². The molecule has 0 radical (unpaired) electrons. The largest absolute Gasteiger partial charge is 0.496 e. The first-order valence-corrected chi connectivity index (χ1v) is 5.53. The van der Waals surface area contributed by atoms with Crippen LogP contribution in [0.4, 0.5) is 4.39 Å². The van der Waals surface area contributed by atoms with Gasteiger partial charge in [-0.1, -0.05) is 13.8 Å². The van der Waals surface area contributed by atoms with Gasteiger partial charge in [-0.3, -0.25) is 0 Å². The summed E-state index contributed by atoms with van der Waals surface area (Å²) in [6.07, 6.45) is 0. The summed E-state index contributed by atoms with van der Waals surface area (Å²) >= 11 is 5.90. The molecule has 0 saturated carbocycles. The van der Waals surface area contributed by atoms with Crippen LogP contribution in [0.5, 0.6) is 5.75 Å². The minimum atomic E-state index is -0.249. The standard InChI is InChI=1S/C12H16ClFO/c1-8(2)11(7-13)10-6-9(14)4-5-12(10)15-3/h4-6,8,11H,7H2,1-3H3. The van der Waals surface area contributed by atoms with E-state index in [0.29, 0.717) is 17.5 Å². The second-order valence-corrected chi connectivity index (χ2v) is 4.20. The van der Waals surface area contributed by atoms with Crippen LogP contribution >= 0.6 is 11.6 Å². The van der Waals surface area contributed by atoms with Crippen molar-refractivity contribution >= 4 is 11.6 Å². The van der Waals surface area contributed by atoms with Gasteiger partial charge in [0.2, 0.25) is 0 Å². The van der Waals surface area contributed by atoms with Crippen molar-refractivity contribution in [1.29, 1.82) is 0 Å². The molecule has 84 valence electrons. The van der Waals surface area contributed by atoms with Gasteiger partial charge in [-0.2, -0.15) is 0 Å². The van der Waals surface area contributed by atoms with E-state index >= 15 is 0 Å². The molecule has 0 aliphatic carbocycles. The lowest BCUT2D eigenvalue weighted by atomic mass is 9.89. The first-order valence-electron chi connectivity index (χ1n) is 4.99. The Morgan fingerprint density at radius 3 is 2.53 bits per heavy atom. The molecule has 0 heterocycles. The topological polar surface area (TPSA) is 9.23 Å². The number of hydrogen-bond donors (Lipinski definition) is 0. The summed E-state index contributed by atoms with van der Waals surface area (Å²) in [5.41, 5.74) is 0.850. The van der Waals surface area contributed by atoms with Gasteiger partial charge in [-0.25, -0.2) is 4.39 Å². The van der Waals surface area contributed by atoms with Crippen LogP contribution in [0.1, 0.15) is 25.3 Å². The van der Waals surface area contributed by atoms with Crippen molar-refractivity contribution in [2.75, 3.05) is 13.0 Å². The molecule has 0 saturated heterocycles. The second-order valence-electron chi connectivity index (χ2n) is 3.89. The SMILES string of the molecule is COc1ccc(F)cc1C(CCl)C(C)C. The summed E-state index contributed by atoms with van der Waals surface area (Å²) in [5.74, 6) is 1.41. The molecule has 3 heteroatoms. The molecule has 1 unspecified atom stereocenters. The van der Waals surface area contributed by atoms with Crippen LogP contribution in [-0.2, 0) is 0 Å². The summed E-state index contributed by atoms with van der Waals surface area (Å²) in [7, 11) is 1.59. The fourth-order valence-electron chi connectivity index (χ4n) is 1.62. The van der Waals surface area contributed by atoms with Gasteiger partial charge in [0.15, 0.2) is 0 Å². The number of benzene rings is 1. The molecule has 0 aliphatic rings. The number of alkyl halides is 1. The Labute approximate surface area is 95.2 Å². The average Bonchev–Trinajstić information content (AvgIpc) is 2.18. The van der Waals surface area contributed by atoms with Crippen LogP contribution < -0.4 is 4.74 Å². The Bertz CT molecular complexity index is 325. The predicted molar refractivity (Wildman–Crippen MR) is 61.3 cm³/mol. The number of halogens is 2. The van der Waals surface area contributed by atoms with Gasteiger partial charge in [0.1, 0.15) is 11.6 Å². The fraction of sp³-hybridized carbons (Fsp3) is 0.500. The van der Waals surface area contributed by atoms with Gasteiger partial charge in [-0.15, -0.1) is 11.6 Å². The Morgan fingerprint density at radius 1 is 1.40 bits per heavy atom. The van der Waals surface area contributed by atoms with Gasteiger partial charge < -0.3 is 4.74 Å². The third-order valence-electron chi connectivity index (χ3n) is 2.56. The van der Waals surface area contributed by atoms with E-state index < -0.39 is 0 Å². The minimum Gasteiger partial charge on any atom is -0.496 e. The van der Waals surface area contributed by atoms with Crippen LogP contribution in [-0.4, -0.2) is 13.0 Å². The highest BCUT2D eigenvalue weighted by Gasteiger charge is 2.19. The van der Waals surface area contributed by atoms with Gasteiger partial charge in [0.25, 0.3) is 0 Å². The smallest absolute Gasteiger partial charge is 0.123 e. The first-order chi connectivity index (χ1) is 7.10. The third-order valence-corrected chi connectivity index (χ3v) is 2.89. The summed E-state index contributed by atoms with van der Waals surface area (Å²) < 4.78 is 18.4. The molecule has 1 aromatic rings. The van der Waals surface area contributed by atoms with E-state index in [-0.39, 0.29) is 11.7 Å². The number of hydrogen-bond acceptors (Lipinski definition) is 1. The van der Waals surface area contributed by atoms with Crippen molar-refractivity contribution in [2.45, 2.75) is 19.8 Å². The summed E-state index contributed by atoms with van der Waals surface area (Å²) in [4.78, 5) is 0. The Kier molecular flexibility index (Phi) is 4.40. The van der Waals surface area contributed by atoms with Crippen molar-refractivity contribution in [3.8, 4) is 5.75 Å². The van der Waals surface area contributed by atoms with Crippen LogP contribution in [0.25, 0.3) is 0 Å². The zero-order valence-electron chi connectivity index (χ0n) is 9.26. The Balaban J connectivity index is 3.13. The lowest BCUT2D eigenvalue weighted by Crippen LogP contribution is -2.10. The second kappa shape index (κ2) is 5.36. The zero-order valence-corrected chi connectivity index (χ0v) is 10.0. The van der Waals surface area contributed by atoms with Crippen LogP contribution in [0, 0.1) is 11.7 Å². The van der Waals surface area contributed by atoms with E-state index in [2.05, 4.69) is 13.8 Å². The third kappa shape index (κ3) is 2.85. The molecule has 1 rings (SSSR count). The predicted octanol–water partition coefficient (Wildman–Crippen LogP) is 3.81. The summed E-state index contributed by atoms with van der Waals surface area (Å²) in [6, 6.07) is 4.55. The molecule has 0 spiro atoms. The summed E-state index contributed by atoms with van der Waals surface area (Å²) in [5, 5.41) is 0. The van der Waals surface area contributed by atoms with E-state index in [1.54, 1.807) is 13.2 Å². The van der Waals surface area contributed by atoms with Crippen LogP contribution in [0.3, 0.4) is 0 Å². The normalized spacial score (nSPS) is 12.9. The van der Waals surface area contributed by atoms with Crippen molar-refractivity contribution < 1.29 is 9.13 Å². The van der Waals surface area contributed by atoms with Crippen molar-refractivity contribution in [1.82, 2.24) is 0 Å². The van der Waals surface area contributed by atoms with Gasteiger partial charge in [0, 0.05) is 17.4 Å². The van der Waals surface area contributed by atoms with Crippen molar-refractivity contribution in [3.05, 3.63) is 29.6 Å². The van der Waals surface area contributed by atoms with Crippen LogP contribution in [0.2, 0.25) is 0 Å². The quantitative estimate of drug-likeness (QED) is 0.715. The van der Waals surface area contributed by atoms with Gasteiger partial charge in [0.05, 0.1) is 7.11 Å². The van der Waals surface area contributed by atoms with Gasteiger partial charge in [-0.05, 0) is 24.1 Å². The molecule has 1 atom stereocenters. The van der Waals surface area contributed by atoms with E-state index in [1.807, 2.05) is 0 Å². The highest BCUT2D eigenvalue weighted by molar-refractivity contribution is 6.18. The molecule has 0 bridgehead atoms. The molecule has 0 fully saturated rings. The molecule has 0 amide bonds. The first kappa shape index (κ1) is 12.3. The van der Waals surface area contributed by atoms with E-state index in [4.69, 9.17) is 16.3 Å². The fourth-order valence-corrected chi connectivity index (χ4v) is 2.14. The van der Waals surface area contributed by atoms with E-state index in [9.17, 15) is 4.39 Å². The van der Waals surface area contributed by atoms with Crippen molar-refractivity contribution in [3.63, 3.8) is 0 Å². The molecule has 1 nitrogen and oxygen atoms in total. The molecule has 15 heavy (non-hydrogen) atoms. The molecule has 1 aromatic carbocycles. The molecular formula is C12H16ClFO. The maximum atomic E-state index is 13.1. The minimum absolute atomic E-state index is 0.123. The number of rotatable bonds is 4. The maximum Gasteiger partial charge on any atom is 0.123 e. The van der Waals surface area contributed by atoms with E-state index in [0.717, 1.165) is 5.56 Å². The highest BCUT2D eigenvalue weighted by atomic mass is 35.5. The average molecular weight is 231 g/mol. The Morgan fingerprint density at radius 2 is 2.07 bits per heavy atom. The Hall–Kier alpha value is -0.760. The maximum absolute atomic E-state index is 13.1. The molecule has 0 aliphatic heterocycles. The lowest BCUT2D eigenvalue weighted by molar-refractivity contribution is 0.397. The van der Waals surface area contributed by atoms with Crippen molar-refractivity contribution in [2.24, 2.45) is 5.92 Å². The molecular weight excluding hydrogens is 215 g/mol. The number of methoxy groups -OCH3 is 1. The summed E-state index contributed by atoms with van der Waals surface area (Å²) in [6.45, 7) is 4.13. The van der Waals surface area contributed by atoms with Crippen LogP contribution in [0.15, 0.2) is 18.2 Å². The monoisotopic (exact) mass is 230 g/mol.